The molecule has 0 aromatic heterocycles. The van der Waals surface area contributed by atoms with Gasteiger partial charge in [-0.3, -0.25) is 48.1 Å². The Kier molecular flexibility index (Phi) is 25.0. The fraction of sp³-hybridized carbons (Fsp3) is 0.714. The lowest BCUT2D eigenvalue weighted by Gasteiger charge is -2.29. The molecule has 0 saturated heterocycles. The van der Waals surface area contributed by atoms with Crippen LogP contribution in [0.25, 0.3) is 0 Å². The maximum atomic E-state index is 13.9. The standard InChI is InChI=1S/C35H64N12O10S/c1-17(2)10-22(44-31(54)21(8-7-9-41-35(39)40)43-29(52)20(36)13-26(37)48)32(55)45-23(11-18(3)4)33(56)46-24(12-19(5)6)34(57)47-25(15-58-16-27(38)49)30(53)42-14-28(50)51/h17-25H,7-16,36H2,1-6H3,(H2,37,48)(H2,38,49)(H,42,53)(H,43,52)(H,44,54)(H,45,55)(H,46,56)(H,47,57)(H,50,51)(H4,39,40,41)/t20-,21-,22-,23-,24-,25-/m0/s1. The van der Waals surface area contributed by atoms with Gasteiger partial charge in [0, 0.05) is 12.3 Å². The van der Waals surface area contributed by atoms with Gasteiger partial charge in [0.2, 0.25) is 47.3 Å². The molecule has 0 heterocycles. The van der Waals surface area contributed by atoms with Gasteiger partial charge in [-0.15, -0.1) is 11.8 Å². The zero-order valence-electron chi connectivity index (χ0n) is 34.1. The molecule has 0 aromatic carbocycles. The number of rotatable bonds is 29. The number of nitrogens with one attached hydrogen (secondary N) is 6. The lowest BCUT2D eigenvalue weighted by molar-refractivity contribution is -0.138. The molecule has 330 valence electrons. The summed E-state index contributed by atoms with van der Waals surface area (Å²) in [4.78, 5) is 118. The molecule has 0 fully saturated rings. The second-order valence-corrected chi connectivity index (χ2v) is 16.0. The monoisotopic (exact) mass is 844 g/mol. The van der Waals surface area contributed by atoms with E-state index in [0.717, 1.165) is 11.8 Å². The Hall–Kier alpha value is -5.19. The number of carbonyl (C=O) groups excluding carboxylic acids is 8. The third kappa shape index (κ3) is 23.8. The van der Waals surface area contributed by atoms with Crippen molar-refractivity contribution in [3.05, 3.63) is 0 Å². The molecule has 0 aliphatic heterocycles. The third-order valence-electron chi connectivity index (χ3n) is 7.93. The van der Waals surface area contributed by atoms with E-state index in [2.05, 4.69) is 36.9 Å². The van der Waals surface area contributed by atoms with Crippen molar-refractivity contribution in [1.29, 1.82) is 0 Å². The quantitative estimate of drug-likeness (QED) is 0.0195. The first-order valence-corrected chi connectivity index (χ1v) is 20.0. The van der Waals surface area contributed by atoms with Crippen molar-refractivity contribution in [3.63, 3.8) is 0 Å². The minimum Gasteiger partial charge on any atom is -0.480 e. The first-order valence-electron chi connectivity index (χ1n) is 18.9. The van der Waals surface area contributed by atoms with Gasteiger partial charge in [-0.2, -0.15) is 0 Å². The van der Waals surface area contributed by atoms with Crippen LogP contribution in [0.1, 0.15) is 80.1 Å². The highest BCUT2D eigenvalue weighted by Crippen LogP contribution is 2.13. The van der Waals surface area contributed by atoms with E-state index in [1.807, 2.05) is 0 Å². The van der Waals surface area contributed by atoms with Crippen LogP contribution in [-0.4, -0.2) is 125 Å². The second kappa shape index (κ2) is 27.4. The summed E-state index contributed by atoms with van der Waals surface area (Å²) in [7, 11) is 0. The molecule has 58 heavy (non-hydrogen) atoms. The molecule has 0 unspecified atom stereocenters. The van der Waals surface area contributed by atoms with Gasteiger partial charge in [-0.25, -0.2) is 0 Å². The normalized spacial score (nSPS) is 14.2. The van der Waals surface area contributed by atoms with E-state index >= 15 is 0 Å². The number of guanidine groups is 1. The summed E-state index contributed by atoms with van der Waals surface area (Å²) in [6, 6.07) is -7.51. The van der Waals surface area contributed by atoms with Gasteiger partial charge in [0.15, 0.2) is 5.96 Å². The number of primary amides is 2. The number of hydrogen-bond acceptors (Lipinski definition) is 12. The fourth-order valence-electron chi connectivity index (χ4n) is 5.30. The van der Waals surface area contributed by atoms with E-state index in [-0.39, 0.29) is 73.9 Å². The molecular formula is C35H64N12O10S. The zero-order valence-corrected chi connectivity index (χ0v) is 34.9. The molecule has 0 bridgehead atoms. The van der Waals surface area contributed by atoms with Crippen LogP contribution in [0.4, 0.5) is 0 Å². The van der Waals surface area contributed by atoms with Crippen molar-refractivity contribution in [2.45, 2.75) is 116 Å². The van der Waals surface area contributed by atoms with Crippen LogP contribution in [0, 0.1) is 17.8 Å². The van der Waals surface area contributed by atoms with E-state index in [4.69, 9.17) is 33.8 Å². The van der Waals surface area contributed by atoms with Crippen LogP contribution in [0.5, 0.6) is 0 Å². The summed E-state index contributed by atoms with van der Waals surface area (Å²) in [6.45, 7) is 10.2. The number of thioether (sulfide) groups is 1. The lowest BCUT2D eigenvalue weighted by atomic mass is 9.98. The predicted molar refractivity (Wildman–Crippen MR) is 217 cm³/mol. The number of hydrogen-bond donors (Lipinski definition) is 12. The number of nitrogens with zero attached hydrogens (tertiary/aromatic N) is 1. The van der Waals surface area contributed by atoms with Crippen molar-refractivity contribution in [2.24, 2.45) is 51.4 Å². The van der Waals surface area contributed by atoms with Crippen molar-refractivity contribution >= 4 is 70.9 Å². The number of amides is 8. The van der Waals surface area contributed by atoms with Crippen molar-refractivity contribution in [1.82, 2.24) is 31.9 Å². The van der Waals surface area contributed by atoms with Crippen molar-refractivity contribution in [2.75, 3.05) is 24.6 Å². The molecule has 17 N–H and O–H groups in total. The van der Waals surface area contributed by atoms with E-state index in [9.17, 15) is 43.2 Å². The molecule has 0 aliphatic carbocycles. The van der Waals surface area contributed by atoms with Crippen LogP contribution in [0.15, 0.2) is 4.99 Å². The fourth-order valence-corrected chi connectivity index (χ4v) is 6.09. The SMILES string of the molecule is CC(C)C[C@H](NC(=O)[C@H](CC(C)C)NC(=O)[C@H](CC(C)C)NC(=O)[C@H](CCCN=C(N)N)NC(=O)[C@@H](N)CC(N)=O)C(=O)N[C@@H](CSCC(N)=O)C(=O)NCC(=O)O. The summed E-state index contributed by atoms with van der Waals surface area (Å²) in [5, 5.41) is 24.2. The molecule has 8 amide bonds. The molecule has 6 atom stereocenters. The first-order chi connectivity index (χ1) is 26.9. The van der Waals surface area contributed by atoms with E-state index in [1.165, 1.54) is 0 Å². The third-order valence-corrected chi connectivity index (χ3v) is 8.99. The number of carbonyl (C=O) groups is 9. The Labute approximate surface area is 342 Å². The van der Waals surface area contributed by atoms with Gasteiger partial charge in [-0.05, 0) is 49.9 Å². The Balaban J connectivity index is 6.37. The highest BCUT2D eigenvalue weighted by atomic mass is 32.2. The van der Waals surface area contributed by atoms with Crippen LogP contribution >= 0.6 is 11.8 Å². The summed E-state index contributed by atoms with van der Waals surface area (Å²) in [5.41, 5.74) is 26.9. The van der Waals surface area contributed by atoms with Crippen LogP contribution in [0.2, 0.25) is 0 Å². The number of carboxylic acids is 1. The summed E-state index contributed by atoms with van der Waals surface area (Å²) >= 11 is 0.937. The van der Waals surface area contributed by atoms with E-state index in [0.29, 0.717) is 0 Å². The van der Waals surface area contributed by atoms with Crippen molar-refractivity contribution < 1.29 is 48.3 Å². The maximum Gasteiger partial charge on any atom is 0.322 e. The van der Waals surface area contributed by atoms with Crippen LogP contribution in [-0.2, 0) is 43.2 Å². The average molecular weight is 845 g/mol. The minimum absolute atomic E-state index is 0.0112. The maximum absolute atomic E-state index is 13.9. The molecule has 22 nitrogen and oxygen atoms in total. The molecule has 23 heteroatoms. The minimum atomic E-state index is -1.35. The highest BCUT2D eigenvalue weighted by Gasteiger charge is 2.34. The molecular weight excluding hydrogens is 781 g/mol. The largest absolute Gasteiger partial charge is 0.480 e. The van der Waals surface area contributed by atoms with Gasteiger partial charge in [0.05, 0.1) is 18.2 Å². The average Bonchev–Trinajstić information content (AvgIpc) is 3.08. The molecule has 0 aromatic rings. The number of carboxylic acid groups (broad SMARTS) is 1. The Morgan fingerprint density at radius 3 is 1.38 bits per heavy atom. The zero-order chi connectivity index (χ0) is 44.7. The van der Waals surface area contributed by atoms with Crippen LogP contribution in [0.3, 0.4) is 0 Å². The van der Waals surface area contributed by atoms with E-state index < -0.39 is 102 Å². The summed E-state index contributed by atoms with van der Waals surface area (Å²) in [6.07, 6.45) is 0.0803. The van der Waals surface area contributed by atoms with E-state index in [1.54, 1.807) is 41.5 Å². The van der Waals surface area contributed by atoms with Gasteiger partial charge in [0.1, 0.15) is 36.8 Å². The topological polar surface area (TPSA) is 388 Å². The molecule has 0 spiro atoms. The van der Waals surface area contributed by atoms with Gasteiger partial charge < -0.3 is 65.7 Å². The van der Waals surface area contributed by atoms with Gasteiger partial charge in [0.25, 0.3) is 0 Å². The molecule has 0 saturated carbocycles. The Morgan fingerprint density at radius 2 is 1.00 bits per heavy atom. The smallest absolute Gasteiger partial charge is 0.322 e. The Bertz CT molecular complexity index is 1460. The molecule has 0 rings (SSSR count). The molecule has 0 aliphatic rings. The Morgan fingerprint density at radius 1 is 0.586 bits per heavy atom. The number of nitrogens with two attached hydrogens (primary N) is 5. The first kappa shape index (κ1) is 52.8. The summed E-state index contributed by atoms with van der Waals surface area (Å²) < 4.78 is 0. The highest BCUT2D eigenvalue weighted by molar-refractivity contribution is 8.00. The summed E-state index contributed by atoms with van der Waals surface area (Å²) in [5.74, 6) is -8.46. The van der Waals surface area contributed by atoms with Gasteiger partial charge >= 0.3 is 5.97 Å². The van der Waals surface area contributed by atoms with Crippen molar-refractivity contribution in [3.8, 4) is 0 Å². The lowest BCUT2D eigenvalue weighted by Crippen LogP contribution is -2.60. The second-order valence-electron chi connectivity index (χ2n) is 15.0. The number of aliphatic carboxylic acids is 1. The predicted octanol–water partition coefficient (Wildman–Crippen LogP) is -3.78. The number of aliphatic imine (C=N–C) groups is 1. The van der Waals surface area contributed by atoms with Crippen LogP contribution < -0.4 is 60.6 Å². The van der Waals surface area contributed by atoms with Gasteiger partial charge in [-0.1, -0.05) is 41.5 Å². The molecule has 0 radical (unpaired) electrons.